The number of benzene rings is 1. The molecule has 3 N–H and O–H groups in total. The Labute approximate surface area is 118 Å². The van der Waals surface area contributed by atoms with Crippen molar-refractivity contribution in [3.05, 3.63) is 34.9 Å². The maximum atomic E-state index is 11.7. The highest BCUT2D eigenvalue weighted by Crippen LogP contribution is 2.09. The number of hydrogen-bond donors (Lipinski definition) is 3. The summed E-state index contributed by atoms with van der Waals surface area (Å²) < 4.78 is 0. The van der Waals surface area contributed by atoms with Crippen LogP contribution in [0.4, 0.5) is 0 Å². The summed E-state index contributed by atoms with van der Waals surface area (Å²) in [7, 11) is 0. The lowest BCUT2D eigenvalue weighted by molar-refractivity contribution is -0.136. The Morgan fingerprint density at radius 3 is 2.20 bits per heavy atom. The molecule has 1 aromatic rings. The largest absolute Gasteiger partial charge is 0.481 e. The van der Waals surface area contributed by atoms with E-state index in [0.29, 0.717) is 5.02 Å². The first kappa shape index (κ1) is 15.6. The van der Waals surface area contributed by atoms with Crippen molar-refractivity contribution < 1.29 is 24.6 Å². The van der Waals surface area contributed by atoms with Crippen LogP contribution in [0, 0.1) is 0 Å². The number of rotatable bonds is 6. The van der Waals surface area contributed by atoms with Crippen LogP contribution in [0.3, 0.4) is 0 Å². The third kappa shape index (κ3) is 5.07. The number of nitrogens with one attached hydrogen (secondary N) is 1. The molecule has 0 aliphatic carbocycles. The third-order valence-electron chi connectivity index (χ3n) is 2.22. The van der Waals surface area contributed by atoms with Crippen molar-refractivity contribution in [3.63, 3.8) is 0 Å². The molecule has 0 atom stereocenters. The lowest BCUT2D eigenvalue weighted by Gasteiger charge is -2.02. The van der Waals surface area contributed by atoms with E-state index >= 15 is 0 Å². The third-order valence-corrected chi connectivity index (χ3v) is 2.47. The minimum absolute atomic E-state index is 0.251. The molecule has 1 rings (SSSR count). The van der Waals surface area contributed by atoms with Crippen LogP contribution in [0.5, 0.6) is 0 Å². The van der Waals surface area contributed by atoms with Crippen LogP contribution in [0.1, 0.15) is 23.2 Å². The topological polar surface area (TPSA) is 116 Å². The number of aliphatic carboxylic acids is 2. The summed E-state index contributed by atoms with van der Waals surface area (Å²) in [6.45, 7) is 0. The van der Waals surface area contributed by atoms with Crippen LogP contribution in [0.25, 0.3) is 0 Å². The highest BCUT2D eigenvalue weighted by atomic mass is 35.5. The Balaban J connectivity index is 2.71. The highest BCUT2D eigenvalue weighted by molar-refractivity contribution is 6.35. The number of amides is 1. The maximum Gasteiger partial charge on any atom is 0.352 e. The number of nitrogens with zero attached hydrogens (tertiary/aromatic N) is 1. The van der Waals surface area contributed by atoms with Gasteiger partial charge in [0.15, 0.2) is 0 Å². The van der Waals surface area contributed by atoms with Gasteiger partial charge in [-0.15, -0.1) is 0 Å². The van der Waals surface area contributed by atoms with E-state index in [2.05, 4.69) is 10.5 Å². The molecule has 0 saturated heterocycles. The van der Waals surface area contributed by atoms with Crippen LogP contribution in [0.2, 0.25) is 5.02 Å². The molecule has 0 aliphatic rings. The molecule has 0 bridgehead atoms. The van der Waals surface area contributed by atoms with Crippen LogP contribution < -0.4 is 5.43 Å². The molecular formula is C12H11ClN2O5. The summed E-state index contributed by atoms with van der Waals surface area (Å²) >= 11 is 5.66. The zero-order chi connectivity index (χ0) is 15.1. The Morgan fingerprint density at radius 2 is 1.70 bits per heavy atom. The SMILES string of the molecule is O=C(O)CCC(=NNC(=O)c1ccc(Cl)cc1)C(=O)O. The van der Waals surface area contributed by atoms with Crippen molar-refractivity contribution in [2.45, 2.75) is 12.8 Å². The lowest BCUT2D eigenvalue weighted by Crippen LogP contribution is -2.23. The number of halogens is 1. The minimum atomic E-state index is -1.39. The molecule has 1 aromatic carbocycles. The van der Waals surface area contributed by atoms with E-state index < -0.39 is 23.6 Å². The van der Waals surface area contributed by atoms with E-state index in [1.165, 1.54) is 24.3 Å². The molecule has 1 amide bonds. The second-order valence-corrected chi connectivity index (χ2v) is 4.14. The van der Waals surface area contributed by atoms with E-state index in [-0.39, 0.29) is 18.4 Å². The van der Waals surface area contributed by atoms with Crippen LogP contribution >= 0.6 is 11.6 Å². The molecule has 0 fully saturated rings. The summed E-state index contributed by atoms with van der Waals surface area (Å²) in [5, 5.41) is 21.2. The Bertz CT molecular complexity index is 553. The van der Waals surface area contributed by atoms with Gasteiger partial charge in [-0.2, -0.15) is 5.10 Å². The number of carbonyl (C=O) groups excluding carboxylic acids is 1. The second-order valence-electron chi connectivity index (χ2n) is 3.71. The van der Waals surface area contributed by atoms with Gasteiger partial charge in [-0.25, -0.2) is 10.2 Å². The monoisotopic (exact) mass is 298 g/mol. The average Bonchev–Trinajstić information content (AvgIpc) is 2.38. The van der Waals surface area contributed by atoms with Crippen LogP contribution in [-0.2, 0) is 9.59 Å². The van der Waals surface area contributed by atoms with E-state index in [0.717, 1.165) is 0 Å². The number of carboxylic acid groups (broad SMARTS) is 2. The fraction of sp³-hybridized carbons (Fsp3) is 0.167. The Morgan fingerprint density at radius 1 is 1.10 bits per heavy atom. The van der Waals surface area contributed by atoms with Gasteiger partial charge < -0.3 is 10.2 Å². The van der Waals surface area contributed by atoms with Gasteiger partial charge in [0.2, 0.25) is 0 Å². The summed E-state index contributed by atoms with van der Waals surface area (Å²) in [5.41, 5.74) is 1.87. The van der Waals surface area contributed by atoms with Gasteiger partial charge >= 0.3 is 11.9 Å². The molecule has 0 heterocycles. The molecule has 8 heteroatoms. The molecule has 0 spiro atoms. The zero-order valence-electron chi connectivity index (χ0n) is 10.2. The van der Waals surface area contributed by atoms with Crippen molar-refractivity contribution in [2.75, 3.05) is 0 Å². The van der Waals surface area contributed by atoms with Crippen molar-refractivity contribution >= 4 is 35.2 Å². The summed E-state index contributed by atoms with van der Waals surface area (Å²) in [6, 6.07) is 5.90. The zero-order valence-corrected chi connectivity index (χ0v) is 10.9. The Hall–Kier alpha value is -2.41. The van der Waals surface area contributed by atoms with Crippen LogP contribution in [-0.4, -0.2) is 33.8 Å². The molecule has 20 heavy (non-hydrogen) atoms. The van der Waals surface area contributed by atoms with Gasteiger partial charge in [-0.1, -0.05) is 11.6 Å². The van der Waals surface area contributed by atoms with Crippen molar-refractivity contribution in [1.82, 2.24) is 5.43 Å². The molecule has 0 aliphatic heterocycles. The van der Waals surface area contributed by atoms with Crippen molar-refractivity contribution in [3.8, 4) is 0 Å². The smallest absolute Gasteiger partial charge is 0.352 e. The number of carbonyl (C=O) groups is 3. The van der Waals surface area contributed by atoms with Crippen molar-refractivity contribution in [2.24, 2.45) is 5.10 Å². The van der Waals surface area contributed by atoms with Gasteiger partial charge in [0.25, 0.3) is 5.91 Å². The number of hydrogen-bond acceptors (Lipinski definition) is 4. The molecule has 0 radical (unpaired) electrons. The average molecular weight is 299 g/mol. The van der Waals surface area contributed by atoms with Crippen molar-refractivity contribution in [1.29, 1.82) is 0 Å². The van der Waals surface area contributed by atoms with E-state index in [4.69, 9.17) is 21.8 Å². The predicted molar refractivity (Wildman–Crippen MR) is 70.9 cm³/mol. The van der Waals surface area contributed by atoms with Gasteiger partial charge in [0.1, 0.15) is 5.71 Å². The summed E-state index contributed by atoms with van der Waals surface area (Å²) in [4.78, 5) is 32.8. The van der Waals surface area contributed by atoms with E-state index in [9.17, 15) is 14.4 Å². The lowest BCUT2D eigenvalue weighted by atomic mass is 10.2. The maximum absolute atomic E-state index is 11.7. The Kier molecular flexibility index (Phi) is 5.67. The standard InChI is InChI=1S/C12H11ClN2O5/c13-8-3-1-7(2-4-8)11(18)15-14-9(12(19)20)5-6-10(16)17/h1-4H,5-6H2,(H,15,18)(H,16,17)(H,19,20). The summed E-state index contributed by atoms with van der Waals surface area (Å²) in [6.07, 6.45) is -0.673. The molecule has 7 nitrogen and oxygen atoms in total. The second kappa shape index (κ2) is 7.25. The van der Waals surface area contributed by atoms with E-state index in [1.54, 1.807) is 0 Å². The molecule has 0 saturated carbocycles. The van der Waals surface area contributed by atoms with E-state index in [1.807, 2.05) is 0 Å². The van der Waals surface area contributed by atoms with Gasteiger partial charge in [-0.3, -0.25) is 9.59 Å². The predicted octanol–water partition coefficient (Wildman–Crippen LogP) is 1.38. The molecule has 106 valence electrons. The fourth-order valence-electron chi connectivity index (χ4n) is 1.22. The first-order valence-electron chi connectivity index (χ1n) is 5.47. The molecule has 0 unspecified atom stereocenters. The first-order chi connectivity index (χ1) is 9.40. The van der Waals surface area contributed by atoms with Crippen LogP contribution in [0.15, 0.2) is 29.4 Å². The minimum Gasteiger partial charge on any atom is -0.481 e. The first-order valence-corrected chi connectivity index (χ1v) is 5.85. The fourth-order valence-corrected chi connectivity index (χ4v) is 1.35. The summed E-state index contributed by atoms with van der Waals surface area (Å²) in [5.74, 6) is -3.15. The normalized spacial score (nSPS) is 10.9. The van der Waals surface area contributed by atoms with Gasteiger partial charge in [0, 0.05) is 17.0 Å². The van der Waals surface area contributed by atoms with Gasteiger partial charge in [-0.05, 0) is 24.3 Å². The number of hydrazone groups is 1. The number of carboxylic acids is 2. The van der Waals surface area contributed by atoms with Gasteiger partial charge in [0.05, 0.1) is 6.42 Å². The highest BCUT2D eigenvalue weighted by Gasteiger charge is 2.13. The molecule has 0 aromatic heterocycles. The quantitative estimate of drug-likeness (QED) is 0.542. The molecular weight excluding hydrogens is 288 g/mol.